The lowest BCUT2D eigenvalue weighted by Crippen LogP contribution is -2.26. The van der Waals surface area contributed by atoms with E-state index in [0.717, 1.165) is 25.7 Å². The first kappa shape index (κ1) is 21.9. The van der Waals surface area contributed by atoms with Gasteiger partial charge in [0.2, 0.25) is 0 Å². The minimum absolute atomic E-state index is 0.238. The van der Waals surface area contributed by atoms with Crippen LogP contribution >= 0.6 is 0 Å². The molecule has 0 aliphatic heterocycles. The number of terminal acetylenes is 1. The largest absolute Gasteiger partial charge is 0.460 e. The van der Waals surface area contributed by atoms with E-state index in [2.05, 4.69) is 5.92 Å². The van der Waals surface area contributed by atoms with E-state index in [-0.39, 0.29) is 6.61 Å². The second-order valence-corrected chi connectivity index (χ2v) is 6.23. The standard InChI is InChI=1S/C19H34O4/c1-3-4-5-6-7-8-9-10-11-12-13-14-18(22)15-19(16-20)23-17(2)21/h1,18-20,22H,4-16H2,2H3/t18-,19-/m1/s1. The highest BCUT2D eigenvalue weighted by Crippen LogP contribution is 2.14. The molecule has 0 aromatic carbocycles. The van der Waals surface area contributed by atoms with Crippen LogP contribution in [0.1, 0.15) is 84.0 Å². The minimum Gasteiger partial charge on any atom is -0.460 e. The lowest BCUT2D eigenvalue weighted by Gasteiger charge is -2.18. The summed E-state index contributed by atoms with van der Waals surface area (Å²) < 4.78 is 4.92. The number of rotatable bonds is 15. The van der Waals surface area contributed by atoms with E-state index in [1.165, 1.54) is 45.4 Å². The monoisotopic (exact) mass is 326 g/mol. The maximum absolute atomic E-state index is 10.8. The molecule has 0 fully saturated rings. The van der Waals surface area contributed by atoms with Gasteiger partial charge in [-0.2, -0.15) is 0 Å². The van der Waals surface area contributed by atoms with E-state index in [1.54, 1.807) is 0 Å². The highest BCUT2D eigenvalue weighted by Gasteiger charge is 2.16. The molecule has 4 heteroatoms. The Bertz CT molecular complexity index is 322. The molecule has 0 aromatic heterocycles. The van der Waals surface area contributed by atoms with E-state index in [0.29, 0.717) is 12.8 Å². The van der Waals surface area contributed by atoms with E-state index < -0.39 is 18.2 Å². The maximum Gasteiger partial charge on any atom is 0.302 e. The van der Waals surface area contributed by atoms with Gasteiger partial charge in [-0.15, -0.1) is 12.3 Å². The summed E-state index contributed by atoms with van der Waals surface area (Å²) in [6.07, 6.45) is 16.8. The molecule has 0 unspecified atom stereocenters. The van der Waals surface area contributed by atoms with Gasteiger partial charge < -0.3 is 14.9 Å². The number of esters is 1. The molecule has 134 valence electrons. The van der Waals surface area contributed by atoms with Crippen molar-refractivity contribution in [2.75, 3.05) is 6.61 Å². The lowest BCUT2D eigenvalue weighted by molar-refractivity contribution is -0.149. The van der Waals surface area contributed by atoms with Crippen LogP contribution in [0.3, 0.4) is 0 Å². The summed E-state index contributed by atoms with van der Waals surface area (Å²) in [5.41, 5.74) is 0. The molecule has 0 amide bonds. The van der Waals surface area contributed by atoms with Crippen molar-refractivity contribution in [1.82, 2.24) is 0 Å². The van der Waals surface area contributed by atoms with Crippen molar-refractivity contribution in [1.29, 1.82) is 0 Å². The number of ether oxygens (including phenoxy) is 1. The topological polar surface area (TPSA) is 66.8 Å². The predicted octanol–water partition coefficient (Wildman–Crippen LogP) is 3.59. The molecular weight excluding hydrogens is 292 g/mol. The Morgan fingerprint density at radius 1 is 1.04 bits per heavy atom. The molecule has 0 aromatic rings. The van der Waals surface area contributed by atoms with Crippen LogP contribution < -0.4 is 0 Å². The second kappa shape index (κ2) is 15.8. The number of hydrogen-bond donors (Lipinski definition) is 2. The highest BCUT2D eigenvalue weighted by molar-refractivity contribution is 5.66. The fraction of sp³-hybridized carbons (Fsp3) is 0.842. The normalized spacial score (nSPS) is 13.3. The third kappa shape index (κ3) is 15.6. The predicted molar refractivity (Wildman–Crippen MR) is 92.9 cm³/mol. The Labute approximate surface area is 141 Å². The summed E-state index contributed by atoms with van der Waals surface area (Å²) in [6.45, 7) is 1.07. The molecule has 0 saturated carbocycles. The molecule has 0 rings (SSSR count). The smallest absolute Gasteiger partial charge is 0.302 e. The second-order valence-electron chi connectivity index (χ2n) is 6.23. The van der Waals surface area contributed by atoms with Crippen LogP contribution in [-0.2, 0) is 9.53 Å². The van der Waals surface area contributed by atoms with Crippen LogP contribution in [0.4, 0.5) is 0 Å². The molecule has 0 aliphatic carbocycles. The maximum atomic E-state index is 10.8. The molecule has 2 N–H and O–H groups in total. The van der Waals surface area contributed by atoms with Crippen molar-refractivity contribution in [3.63, 3.8) is 0 Å². The van der Waals surface area contributed by atoms with Gasteiger partial charge in [-0.05, 0) is 12.8 Å². The van der Waals surface area contributed by atoms with Gasteiger partial charge in [0.25, 0.3) is 0 Å². The van der Waals surface area contributed by atoms with Crippen LogP contribution in [-0.4, -0.2) is 35.0 Å². The minimum atomic E-state index is -0.586. The number of carbonyl (C=O) groups excluding carboxylic acids is 1. The summed E-state index contributed by atoms with van der Waals surface area (Å²) >= 11 is 0. The van der Waals surface area contributed by atoms with Gasteiger partial charge in [-0.3, -0.25) is 4.79 Å². The number of aliphatic hydroxyl groups excluding tert-OH is 2. The van der Waals surface area contributed by atoms with E-state index in [4.69, 9.17) is 16.3 Å². The third-order valence-electron chi connectivity index (χ3n) is 3.93. The highest BCUT2D eigenvalue weighted by atomic mass is 16.5. The Morgan fingerprint density at radius 3 is 2.04 bits per heavy atom. The summed E-state index contributed by atoms with van der Waals surface area (Å²) in [5.74, 6) is 2.25. The van der Waals surface area contributed by atoms with Gasteiger partial charge in [-0.25, -0.2) is 0 Å². The third-order valence-corrected chi connectivity index (χ3v) is 3.93. The average molecular weight is 326 g/mol. The molecule has 23 heavy (non-hydrogen) atoms. The molecule has 0 aliphatic rings. The summed E-state index contributed by atoms with van der Waals surface area (Å²) in [4.78, 5) is 10.8. The first-order valence-electron chi connectivity index (χ1n) is 8.99. The van der Waals surface area contributed by atoms with Gasteiger partial charge >= 0.3 is 5.97 Å². The molecule has 0 heterocycles. The van der Waals surface area contributed by atoms with E-state index >= 15 is 0 Å². The Balaban J connectivity index is 3.40. The fourth-order valence-corrected chi connectivity index (χ4v) is 2.66. The van der Waals surface area contributed by atoms with Gasteiger partial charge in [-0.1, -0.05) is 51.4 Å². The van der Waals surface area contributed by atoms with Gasteiger partial charge in [0.15, 0.2) is 0 Å². The van der Waals surface area contributed by atoms with Crippen molar-refractivity contribution < 1.29 is 19.7 Å². The van der Waals surface area contributed by atoms with Gasteiger partial charge in [0.05, 0.1) is 12.7 Å². The molecule has 0 spiro atoms. The number of carbonyl (C=O) groups is 1. The van der Waals surface area contributed by atoms with Crippen molar-refractivity contribution in [2.24, 2.45) is 0 Å². The first-order chi connectivity index (χ1) is 11.1. The summed E-state index contributed by atoms with van der Waals surface area (Å²) in [7, 11) is 0. The lowest BCUT2D eigenvalue weighted by atomic mass is 10.0. The van der Waals surface area contributed by atoms with Crippen LogP contribution in [0.2, 0.25) is 0 Å². The van der Waals surface area contributed by atoms with E-state index in [1.807, 2.05) is 0 Å². The van der Waals surface area contributed by atoms with Crippen LogP contribution in [0.25, 0.3) is 0 Å². The number of unbranched alkanes of at least 4 members (excludes halogenated alkanes) is 9. The Kier molecular flexibility index (Phi) is 15.1. The van der Waals surface area contributed by atoms with Crippen molar-refractivity contribution in [3.05, 3.63) is 0 Å². The zero-order valence-corrected chi connectivity index (χ0v) is 14.6. The number of aliphatic hydroxyl groups is 2. The summed E-state index contributed by atoms with van der Waals surface area (Å²) in [6, 6.07) is 0. The molecule has 0 bridgehead atoms. The molecular formula is C19H34O4. The molecule has 0 saturated heterocycles. The van der Waals surface area contributed by atoms with Crippen LogP contribution in [0.5, 0.6) is 0 Å². The average Bonchev–Trinajstić information content (AvgIpc) is 2.51. The zero-order valence-electron chi connectivity index (χ0n) is 14.6. The fourth-order valence-electron chi connectivity index (χ4n) is 2.66. The van der Waals surface area contributed by atoms with Gasteiger partial charge in [0, 0.05) is 19.8 Å². The quantitative estimate of drug-likeness (QED) is 0.274. The van der Waals surface area contributed by atoms with Crippen molar-refractivity contribution >= 4 is 5.97 Å². The first-order valence-corrected chi connectivity index (χ1v) is 8.99. The Hall–Kier alpha value is -1.05. The SMILES string of the molecule is C#CCCCCCCCCCCC[C@@H](O)C[C@H](CO)OC(C)=O. The summed E-state index contributed by atoms with van der Waals surface area (Å²) in [5, 5.41) is 19.0. The van der Waals surface area contributed by atoms with Gasteiger partial charge in [0.1, 0.15) is 6.10 Å². The van der Waals surface area contributed by atoms with Crippen molar-refractivity contribution in [2.45, 2.75) is 96.2 Å². The van der Waals surface area contributed by atoms with E-state index in [9.17, 15) is 9.90 Å². The molecule has 0 radical (unpaired) electrons. The van der Waals surface area contributed by atoms with Crippen LogP contribution in [0.15, 0.2) is 0 Å². The zero-order chi connectivity index (χ0) is 17.3. The van der Waals surface area contributed by atoms with Crippen molar-refractivity contribution in [3.8, 4) is 12.3 Å². The molecule has 2 atom stereocenters. The number of hydrogen-bond acceptors (Lipinski definition) is 4. The van der Waals surface area contributed by atoms with Crippen LogP contribution in [0, 0.1) is 12.3 Å². The molecule has 4 nitrogen and oxygen atoms in total. The Morgan fingerprint density at radius 2 is 1.57 bits per heavy atom.